The number of ether oxygens (including phenoxy) is 4. The van der Waals surface area contributed by atoms with Crippen LogP contribution in [0.2, 0.25) is 0 Å². The first-order chi connectivity index (χ1) is 12.9. The molecule has 0 aliphatic carbocycles. The van der Waals surface area contributed by atoms with Crippen molar-refractivity contribution in [2.75, 3.05) is 20.8 Å². The SMILES string of the molecule is C=CCC1(OC(=O)C(=O)OC)CCN(C(=O)OC(C)(C)C)C(O)C1C(=O)OC. The molecule has 158 valence electrons. The molecule has 0 radical (unpaired) electrons. The van der Waals surface area contributed by atoms with Crippen LogP contribution < -0.4 is 0 Å². The maximum Gasteiger partial charge on any atom is 0.418 e. The minimum Gasteiger partial charge on any atom is -0.469 e. The first kappa shape index (κ1) is 23.4. The summed E-state index contributed by atoms with van der Waals surface area (Å²) in [6.45, 7) is 8.42. The summed E-state index contributed by atoms with van der Waals surface area (Å²) in [5, 5.41) is 10.8. The second-order valence-corrected chi connectivity index (χ2v) is 7.28. The molecular weight excluding hydrogens is 374 g/mol. The summed E-state index contributed by atoms with van der Waals surface area (Å²) in [5.41, 5.74) is -2.48. The van der Waals surface area contributed by atoms with Crippen molar-refractivity contribution >= 4 is 24.0 Å². The molecule has 3 unspecified atom stereocenters. The topological polar surface area (TPSA) is 129 Å². The molecule has 3 atom stereocenters. The molecule has 0 aromatic rings. The summed E-state index contributed by atoms with van der Waals surface area (Å²) in [6, 6.07) is 0. The summed E-state index contributed by atoms with van der Waals surface area (Å²) in [4.78, 5) is 49.3. The van der Waals surface area contributed by atoms with Gasteiger partial charge >= 0.3 is 24.0 Å². The Bertz CT molecular complexity index is 639. The first-order valence-corrected chi connectivity index (χ1v) is 8.60. The highest BCUT2D eigenvalue weighted by Gasteiger charge is 2.57. The highest BCUT2D eigenvalue weighted by atomic mass is 16.6. The minimum atomic E-state index is -1.72. The van der Waals surface area contributed by atoms with Gasteiger partial charge in [0.1, 0.15) is 23.3 Å². The zero-order chi connectivity index (χ0) is 21.7. The molecule has 1 saturated heterocycles. The minimum absolute atomic E-state index is 0.0716. The van der Waals surface area contributed by atoms with Gasteiger partial charge in [-0.1, -0.05) is 6.08 Å². The molecule has 0 aromatic carbocycles. The molecule has 0 bridgehead atoms. The number of carbonyl (C=O) groups excluding carboxylic acids is 4. The monoisotopic (exact) mass is 401 g/mol. The van der Waals surface area contributed by atoms with Crippen LogP contribution in [0.3, 0.4) is 0 Å². The van der Waals surface area contributed by atoms with Crippen molar-refractivity contribution in [1.82, 2.24) is 4.90 Å². The molecule has 10 nitrogen and oxygen atoms in total. The van der Waals surface area contributed by atoms with E-state index in [2.05, 4.69) is 11.3 Å². The van der Waals surface area contributed by atoms with Gasteiger partial charge < -0.3 is 24.1 Å². The van der Waals surface area contributed by atoms with Crippen molar-refractivity contribution in [3.63, 3.8) is 0 Å². The van der Waals surface area contributed by atoms with Crippen LogP contribution in [0.4, 0.5) is 4.79 Å². The predicted octanol–water partition coefficient (Wildman–Crippen LogP) is 0.766. The Hall–Kier alpha value is -2.62. The Kier molecular flexibility index (Phi) is 7.57. The van der Waals surface area contributed by atoms with Crippen LogP contribution in [-0.4, -0.2) is 72.2 Å². The number of methoxy groups -OCH3 is 2. The van der Waals surface area contributed by atoms with Gasteiger partial charge in [-0.15, -0.1) is 6.58 Å². The average molecular weight is 401 g/mol. The van der Waals surface area contributed by atoms with Gasteiger partial charge in [0.2, 0.25) is 0 Å². The number of carbonyl (C=O) groups is 4. The maximum atomic E-state index is 12.4. The number of aliphatic hydroxyl groups is 1. The van der Waals surface area contributed by atoms with E-state index < -0.39 is 47.3 Å². The largest absolute Gasteiger partial charge is 0.469 e. The zero-order valence-corrected chi connectivity index (χ0v) is 16.7. The predicted molar refractivity (Wildman–Crippen MR) is 94.7 cm³/mol. The van der Waals surface area contributed by atoms with Crippen LogP contribution in [0.15, 0.2) is 12.7 Å². The number of aliphatic hydroxyl groups excluding tert-OH is 1. The zero-order valence-electron chi connectivity index (χ0n) is 16.7. The van der Waals surface area contributed by atoms with Gasteiger partial charge in [0.25, 0.3) is 0 Å². The molecule has 0 spiro atoms. The summed E-state index contributed by atoms with van der Waals surface area (Å²) in [5.74, 6) is -5.03. The second kappa shape index (κ2) is 9.05. The molecule has 1 aliphatic heterocycles. The third-order valence-electron chi connectivity index (χ3n) is 4.18. The fourth-order valence-electron chi connectivity index (χ4n) is 2.97. The van der Waals surface area contributed by atoms with E-state index in [9.17, 15) is 24.3 Å². The molecule has 28 heavy (non-hydrogen) atoms. The Labute approximate surface area is 163 Å². The number of rotatable bonds is 4. The number of hydrogen-bond acceptors (Lipinski definition) is 9. The van der Waals surface area contributed by atoms with Crippen molar-refractivity contribution in [2.24, 2.45) is 5.92 Å². The molecule has 1 heterocycles. The lowest BCUT2D eigenvalue weighted by molar-refractivity contribution is -0.209. The normalized spacial score (nSPS) is 24.7. The van der Waals surface area contributed by atoms with E-state index in [4.69, 9.17) is 14.2 Å². The van der Waals surface area contributed by atoms with E-state index in [1.807, 2.05) is 0 Å². The average Bonchev–Trinajstić information content (AvgIpc) is 2.59. The lowest BCUT2D eigenvalue weighted by atomic mass is 9.77. The quantitative estimate of drug-likeness (QED) is 0.314. The van der Waals surface area contributed by atoms with Crippen LogP contribution >= 0.6 is 0 Å². The van der Waals surface area contributed by atoms with Crippen LogP contribution in [0, 0.1) is 5.92 Å². The molecular formula is C18H27NO9. The van der Waals surface area contributed by atoms with E-state index in [0.29, 0.717) is 0 Å². The third kappa shape index (κ3) is 5.22. The Morgan fingerprint density at radius 2 is 1.79 bits per heavy atom. The summed E-state index contributed by atoms with van der Waals surface area (Å²) in [7, 11) is 2.09. The van der Waals surface area contributed by atoms with Crippen molar-refractivity contribution in [1.29, 1.82) is 0 Å². The van der Waals surface area contributed by atoms with Gasteiger partial charge in [0.15, 0.2) is 0 Å². The lowest BCUT2D eigenvalue weighted by Gasteiger charge is -2.47. The van der Waals surface area contributed by atoms with Crippen LogP contribution in [0.5, 0.6) is 0 Å². The number of nitrogens with zero attached hydrogens (tertiary/aromatic N) is 1. The van der Waals surface area contributed by atoms with Crippen molar-refractivity contribution < 1.29 is 43.2 Å². The number of amides is 1. The third-order valence-corrected chi connectivity index (χ3v) is 4.18. The number of esters is 3. The fraction of sp³-hybridized carbons (Fsp3) is 0.667. The molecule has 1 N–H and O–H groups in total. The van der Waals surface area contributed by atoms with E-state index in [0.717, 1.165) is 19.1 Å². The fourth-order valence-corrected chi connectivity index (χ4v) is 2.97. The second-order valence-electron chi connectivity index (χ2n) is 7.28. The number of piperidine rings is 1. The van der Waals surface area contributed by atoms with E-state index in [1.54, 1.807) is 20.8 Å². The Morgan fingerprint density at radius 3 is 2.25 bits per heavy atom. The molecule has 0 saturated carbocycles. The van der Waals surface area contributed by atoms with Gasteiger partial charge in [-0.2, -0.15) is 0 Å². The number of hydrogen-bond donors (Lipinski definition) is 1. The summed E-state index contributed by atoms with van der Waals surface area (Å²) >= 11 is 0. The van der Waals surface area contributed by atoms with Gasteiger partial charge in [-0.3, -0.25) is 9.69 Å². The Balaban J connectivity index is 3.29. The molecule has 0 aromatic heterocycles. The van der Waals surface area contributed by atoms with E-state index in [-0.39, 0.29) is 19.4 Å². The van der Waals surface area contributed by atoms with Gasteiger partial charge in [0.05, 0.1) is 14.2 Å². The van der Waals surface area contributed by atoms with Crippen LogP contribution in [-0.2, 0) is 33.3 Å². The van der Waals surface area contributed by atoms with Gasteiger partial charge in [-0.05, 0) is 20.8 Å². The summed E-state index contributed by atoms with van der Waals surface area (Å²) < 4.78 is 19.6. The van der Waals surface area contributed by atoms with Crippen LogP contribution in [0.25, 0.3) is 0 Å². The maximum absolute atomic E-state index is 12.4. The molecule has 1 rings (SSSR count). The molecule has 10 heteroatoms. The van der Waals surface area contributed by atoms with Crippen molar-refractivity contribution in [2.45, 2.75) is 51.0 Å². The van der Waals surface area contributed by atoms with Gasteiger partial charge in [0, 0.05) is 19.4 Å². The highest BCUT2D eigenvalue weighted by molar-refractivity contribution is 6.29. The molecule has 1 fully saturated rings. The standard InChI is InChI=1S/C18H27NO9/c1-7-8-18(27-15(23)14(22)26-6)9-10-19(16(24)28-17(2,3)4)12(20)11(18)13(21)25-5/h7,11-12,20H,1,8-10H2,2-6H3. The number of likely N-dealkylation sites (tertiary alicyclic amines) is 1. The smallest absolute Gasteiger partial charge is 0.418 e. The Morgan fingerprint density at radius 1 is 1.18 bits per heavy atom. The highest BCUT2D eigenvalue weighted by Crippen LogP contribution is 2.39. The molecule has 1 amide bonds. The van der Waals surface area contributed by atoms with Crippen molar-refractivity contribution in [3.8, 4) is 0 Å². The first-order valence-electron chi connectivity index (χ1n) is 8.60. The van der Waals surface area contributed by atoms with E-state index >= 15 is 0 Å². The lowest BCUT2D eigenvalue weighted by Crippen LogP contribution is -2.64. The molecule has 1 aliphatic rings. The van der Waals surface area contributed by atoms with E-state index in [1.165, 1.54) is 6.08 Å². The van der Waals surface area contributed by atoms with Crippen LogP contribution in [0.1, 0.15) is 33.6 Å². The van der Waals surface area contributed by atoms with Gasteiger partial charge in [-0.25, -0.2) is 14.4 Å². The summed E-state index contributed by atoms with van der Waals surface area (Å²) in [6.07, 6.45) is -1.34. The van der Waals surface area contributed by atoms with Crippen molar-refractivity contribution in [3.05, 3.63) is 12.7 Å².